The van der Waals surface area contributed by atoms with Crippen LogP contribution >= 0.6 is 0 Å². The molecule has 3 heterocycles. The number of nitrogens with zero attached hydrogens (tertiary/aromatic N) is 6. The maximum atomic E-state index is 12.7. The summed E-state index contributed by atoms with van der Waals surface area (Å²) in [6, 6.07) is 2.04. The van der Waals surface area contributed by atoms with Gasteiger partial charge in [0.2, 0.25) is 11.6 Å². The van der Waals surface area contributed by atoms with E-state index < -0.39 is 0 Å². The second-order valence-electron chi connectivity index (χ2n) is 6.07. The molecule has 0 bridgehead atoms. The van der Waals surface area contributed by atoms with Gasteiger partial charge in [0.1, 0.15) is 6.33 Å². The van der Waals surface area contributed by atoms with Crippen molar-refractivity contribution >= 4 is 17.2 Å². The van der Waals surface area contributed by atoms with Gasteiger partial charge in [0, 0.05) is 26.2 Å². The fourth-order valence-corrected chi connectivity index (χ4v) is 3.36. The predicted octanol–water partition coefficient (Wildman–Crippen LogP) is 1.52. The SMILES string of the molecule is CCN(CC)C(=O)C1CCCN(c2cc(C)nn3cnnc23)C1. The molecular weight excluding hydrogens is 292 g/mol. The van der Waals surface area contributed by atoms with Crippen LogP contribution in [0.5, 0.6) is 0 Å². The molecule has 1 amide bonds. The number of aryl methyl sites for hydroxylation is 1. The molecule has 0 spiro atoms. The number of piperidine rings is 1. The van der Waals surface area contributed by atoms with E-state index in [4.69, 9.17) is 0 Å². The summed E-state index contributed by atoms with van der Waals surface area (Å²) in [6.07, 6.45) is 3.59. The lowest BCUT2D eigenvalue weighted by atomic mass is 9.96. The molecule has 2 aromatic heterocycles. The summed E-state index contributed by atoms with van der Waals surface area (Å²) in [7, 11) is 0. The summed E-state index contributed by atoms with van der Waals surface area (Å²) >= 11 is 0. The van der Waals surface area contributed by atoms with Gasteiger partial charge in [-0.15, -0.1) is 10.2 Å². The smallest absolute Gasteiger partial charge is 0.227 e. The van der Waals surface area contributed by atoms with Crippen molar-refractivity contribution in [3.63, 3.8) is 0 Å². The van der Waals surface area contributed by atoms with Gasteiger partial charge < -0.3 is 9.80 Å². The highest BCUT2D eigenvalue weighted by molar-refractivity contribution is 5.80. The molecule has 1 aliphatic rings. The zero-order valence-electron chi connectivity index (χ0n) is 14.1. The van der Waals surface area contributed by atoms with Crippen molar-refractivity contribution < 1.29 is 4.79 Å². The van der Waals surface area contributed by atoms with E-state index in [2.05, 4.69) is 20.2 Å². The predicted molar refractivity (Wildman–Crippen MR) is 88.4 cm³/mol. The van der Waals surface area contributed by atoms with E-state index in [1.807, 2.05) is 31.7 Å². The molecule has 0 N–H and O–H groups in total. The number of anilines is 1. The zero-order chi connectivity index (χ0) is 16.4. The van der Waals surface area contributed by atoms with E-state index in [0.717, 1.165) is 56.0 Å². The summed E-state index contributed by atoms with van der Waals surface area (Å²) in [5.41, 5.74) is 2.70. The molecule has 23 heavy (non-hydrogen) atoms. The Morgan fingerprint density at radius 2 is 2.17 bits per heavy atom. The second-order valence-corrected chi connectivity index (χ2v) is 6.07. The summed E-state index contributed by atoms with van der Waals surface area (Å²) in [4.78, 5) is 16.9. The van der Waals surface area contributed by atoms with Crippen molar-refractivity contribution in [1.29, 1.82) is 0 Å². The normalized spacial score (nSPS) is 18.4. The first-order chi connectivity index (χ1) is 11.1. The monoisotopic (exact) mass is 316 g/mol. The van der Waals surface area contributed by atoms with Crippen molar-refractivity contribution in [2.24, 2.45) is 5.92 Å². The van der Waals surface area contributed by atoms with E-state index in [9.17, 15) is 4.79 Å². The number of fused-ring (bicyclic) bond motifs is 1. The van der Waals surface area contributed by atoms with Gasteiger partial charge in [0.15, 0.2) is 0 Å². The van der Waals surface area contributed by atoms with Crippen molar-refractivity contribution in [2.75, 3.05) is 31.1 Å². The minimum Gasteiger partial charge on any atom is -0.368 e. The summed E-state index contributed by atoms with van der Waals surface area (Å²) in [6.45, 7) is 9.26. The second kappa shape index (κ2) is 6.52. The fourth-order valence-electron chi connectivity index (χ4n) is 3.36. The Morgan fingerprint density at radius 3 is 2.91 bits per heavy atom. The number of carbonyl (C=O) groups is 1. The van der Waals surface area contributed by atoms with E-state index in [0.29, 0.717) is 0 Å². The van der Waals surface area contributed by atoms with Crippen LogP contribution in [0.4, 0.5) is 5.69 Å². The standard InChI is InChI=1S/C16H24N6O/c1-4-20(5-2)16(23)13-7-6-8-21(10-13)14-9-12(3)19-22-11-17-18-15(14)22/h9,11,13H,4-8,10H2,1-3H3. The number of hydrogen-bond acceptors (Lipinski definition) is 5. The minimum absolute atomic E-state index is 0.0556. The number of rotatable bonds is 4. The zero-order valence-corrected chi connectivity index (χ0v) is 14.1. The van der Waals surface area contributed by atoms with Crippen molar-refractivity contribution in [2.45, 2.75) is 33.6 Å². The first-order valence-corrected chi connectivity index (χ1v) is 8.35. The molecule has 7 heteroatoms. The Hall–Kier alpha value is -2.18. The molecule has 1 atom stereocenters. The van der Waals surface area contributed by atoms with Crippen LogP contribution < -0.4 is 4.90 Å². The van der Waals surface area contributed by atoms with Crippen molar-refractivity contribution in [3.8, 4) is 0 Å². The van der Waals surface area contributed by atoms with Crippen LogP contribution in [0, 0.1) is 12.8 Å². The molecule has 0 radical (unpaired) electrons. The third-order valence-electron chi connectivity index (χ3n) is 4.56. The Kier molecular flexibility index (Phi) is 4.45. The largest absolute Gasteiger partial charge is 0.368 e. The molecule has 0 saturated carbocycles. The Balaban J connectivity index is 1.85. The van der Waals surface area contributed by atoms with Crippen molar-refractivity contribution in [1.82, 2.24) is 24.7 Å². The van der Waals surface area contributed by atoms with Crippen LogP contribution in [-0.2, 0) is 4.79 Å². The lowest BCUT2D eigenvalue weighted by Crippen LogP contribution is -2.45. The molecular formula is C16H24N6O. The van der Waals surface area contributed by atoms with E-state index in [-0.39, 0.29) is 11.8 Å². The summed E-state index contributed by atoms with van der Waals surface area (Å²) in [5.74, 6) is 0.322. The third kappa shape index (κ3) is 3.00. The highest BCUT2D eigenvalue weighted by Crippen LogP contribution is 2.27. The van der Waals surface area contributed by atoms with Gasteiger partial charge in [-0.1, -0.05) is 0 Å². The number of aromatic nitrogens is 4. The van der Waals surface area contributed by atoms with Crippen molar-refractivity contribution in [3.05, 3.63) is 18.1 Å². The summed E-state index contributed by atoms with van der Waals surface area (Å²) in [5, 5.41) is 12.5. The molecule has 0 aromatic carbocycles. The lowest BCUT2D eigenvalue weighted by Gasteiger charge is -2.35. The molecule has 1 unspecified atom stereocenters. The Morgan fingerprint density at radius 1 is 1.39 bits per heavy atom. The third-order valence-corrected chi connectivity index (χ3v) is 4.56. The van der Waals surface area contributed by atoms with Gasteiger partial charge in [-0.05, 0) is 39.7 Å². The molecule has 0 aliphatic carbocycles. The van der Waals surface area contributed by atoms with E-state index in [1.165, 1.54) is 0 Å². The quantitative estimate of drug-likeness (QED) is 0.855. The van der Waals surface area contributed by atoms with E-state index in [1.54, 1.807) is 10.8 Å². The first kappa shape index (κ1) is 15.7. The van der Waals surface area contributed by atoms with Gasteiger partial charge >= 0.3 is 0 Å². The first-order valence-electron chi connectivity index (χ1n) is 8.35. The maximum absolute atomic E-state index is 12.7. The number of carbonyl (C=O) groups excluding carboxylic acids is 1. The maximum Gasteiger partial charge on any atom is 0.227 e. The van der Waals surface area contributed by atoms with Crippen LogP contribution in [0.1, 0.15) is 32.4 Å². The van der Waals surface area contributed by atoms with Gasteiger partial charge in [0.05, 0.1) is 17.3 Å². The highest BCUT2D eigenvalue weighted by atomic mass is 16.2. The molecule has 124 valence electrons. The lowest BCUT2D eigenvalue weighted by molar-refractivity contribution is -0.135. The van der Waals surface area contributed by atoms with Gasteiger partial charge in [0.25, 0.3) is 0 Å². The highest BCUT2D eigenvalue weighted by Gasteiger charge is 2.29. The number of amides is 1. The fraction of sp³-hybridized carbons (Fsp3) is 0.625. The van der Waals surface area contributed by atoms with Crippen LogP contribution in [-0.4, -0.2) is 56.8 Å². The van der Waals surface area contributed by atoms with Gasteiger partial charge in [-0.25, -0.2) is 0 Å². The van der Waals surface area contributed by atoms with Crippen LogP contribution in [0.3, 0.4) is 0 Å². The van der Waals surface area contributed by atoms with Gasteiger partial charge in [-0.2, -0.15) is 9.61 Å². The number of hydrogen-bond donors (Lipinski definition) is 0. The molecule has 3 rings (SSSR count). The van der Waals surface area contributed by atoms with Gasteiger partial charge in [-0.3, -0.25) is 4.79 Å². The molecule has 7 nitrogen and oxygen atoms in total. The van der Waals surface area contributed by atoms with Crippen LogP contribution in [0.15, 0.2) is 12.4 Å². The topological polar surface area (TPSA) is 66.6 Å². The van der Waals surface area contributed by atoms with Crippen LogP contribution in [0.25, 0.3) is 5.65 Å². The minimum atomic E-state index is 0.0556. The average Bonchev–Trinajstić information content (AvgIpc) is 3.03. The molecule has 1 saturated heterocycles. The van der Waals surface area contributed by atoms with E-state index >= 15 is 0 Å². The molecule has 2 aromatic rings. The average molecular weight is 316 g/mol. The summed E-state index contributed by atoms with van der Waals surface area (Å²) < 4.78 is 1.71. The molecule has 1 fully saturated rings. The molecule has 1 aliphatic heterocycles. The Labute approximate surface area is 136 Å². The van der Waals surface area contributed by atoms with Crippen LogP contribution in [0.2, 0.25) is 0 Å². The Bertz CT molecular complexity index is 693.